The summed E-state index contributed by atoms with van der Waals surface area (Å²) < 4.78 is 1.86. The second kappa shape index (κ2) is 5.98. The van der Waals surface area contributed by atoms with Crippen LogP contribution in [0.2, 0.25) is 0 Å². The maximum atomic E-state index is 4.45. The van der Waals surface area contributed by atoms with E-state index in [4.69, 9.17) is 0 Å². The highest BCUT2D eigenvalue weighted by Crippen LogP contribution is 2.22. The predicted octanol–water partition coefficient (Wildman–Crippen LogP) is 2.77. The maximum absolute atomic E-state index is 4.45. The van der Waals surface area contributed by atoms with Crippen molar-refractivity contribution in [3.63, 3.8) is 0 Å². The highest BCUT2D eigenvalue weighted by atomic mass is 32.1. The molecule has 0 saturated heterocycles. The summed E-state index contributed by atoms with van der Waals surface area (Å²) >= 11 is 1.81. The molecule has 0 bridgehead atoms. The summed E-state index contributed by atoms with van der Waals surface area (Å²) in [5.41, 5.74) is 1.15. The van der Waals surface area contributed by atoms with Crippen molar-refractivity contribution in [2.45, 2.75) is 25.8 Å². The maximum Gasteiger partial charge on any atom is 0.0643 e. The van der Waals surface area contributed by atoms with Crippen molar-refractivity contribution in [3.8, 4) is 0 Å². The number of hydrogen-bond acceptors (Lipinski definition) is 3. The van der Waals surface area contributed by atoms with Crippen LogP contribution in [0.25, 0.3) is 0 Å². The zero-order chi connectivity index (χ0) is 12.1. The fourth-order valence-corrected chi connectivity index (χ4v) is 2.66. The summed E-state index contributed by atoms with van der Waals surface area (Å²) in [4.78, 5) is 1.39. The lowest BCUT2D eigenvalue weighted by atomic mass is 10.1. The normalized spacial score (nSPS) is 12.8. The van der Waals surface area contributed by atoms with Crippen LogP contribution in [-0.4, -0.2) is 16.3 Å². The summed E-state index contributed by atoms with van der Waals surface area (Å²) in [6.07, 6.45) is 4.12. The molecule has 0 radical (unpaired) electrons. The van der Waals surface area contributed by atoms with Crippen LogP contribution in [0, 0.1) is 0 Å². The molecule has 2 aromatic heterocycles. The highest BCUT2D eigenvalue weighted by Gasteiger charge is 2.13. The van der Waals surface area contributed by atoms with Gasteiger partial charge < -0.3 is 5.32 Å². The van der Waals surface area contributed by atoms with Gasteiger partial charge in [-0.15, -0.1) is 11.3 Å². The third-order valence-corrected chi connectivity index (χ3v) is 3.70. The van der Waals surface area contributed by atoms with E-state index < -0.39 is 0 Å². The molecule has 0 aliphatic heterocycles. The van der Waals surface area contributed by atoms with Crippen molar-refractivity contribution < 1.29 is 0 Å². The minimum absolute atomic E-state index is 0.393. The third-order valence-electron chi connectivity index (χ3n) is 2.71. The lowest BCUT2D eigenvalue weighted by molar-refractivity contribution is 0.528. The zero-order valence-corrected chi connectivity index (χ0v) is 11.2. The summed E-state index contributed by atoms with van der Waals surface area (Å²) in [6, 6.07) is 6.79. The van der Waals surface area contributed by atoms with Gasteiger partial charge in [-0.3, -0.25) is 4.68 Å². The molecule has 1 N–H and O–H groups in total. The van der Waals surface area contributed by atoms with Crippen LogP contribution in [0.5, 0.6) is 0 Å². The molecule has 3 nitrogen and oxygen atoms in total. The first-order chi connectivity index (χ1) is 8.29. The topological polar surface area (TPSA) is 29.9 Å². The van der Waals surface area contributed by atoms with Crippen molar-refractivity contribution in [2.24, 2.45) is 7.05 Å². The van der Waals surface area contributed by atoms with Gasteiger partial charge in [0.25, 0.3) is 0 Å². The zero-order valence-electron chi connectivity index (χ0n) is 10.4. The van der Waals surface area contributed by atoms with E-state index in [0.29, 0.717) is 6.04 Å². The Labute approximate surface area is 106 Å². The van der Waals surface area contributed by atoms with Crippen molar-refractivity contribution in [2.75, 3.05) is 6.54 Å². The Morgan fingerprint density at radius 1 is 1.47 bits per heavy atom. The lowest BCUT2D eigenvalue weighted by Crippen LogP contribution is -2.23. The molecule has 4 heteroatoms. The Hall–Kier alpha value is -1.13. The van der Waals surface area contributed by atoms with Crippen LogP contribution >= 0.6 is 11.3 Å². The molecule has 0 aliphatic carbocycles. The molecular weight excluding hydrogens is 230 g/mol. The monoisotopic (exact) mass is 249 g/mol. The first-order valence-corrected chi connectivity index (χ1v) is 6.93. The van der Waals surface area contributed by atoms with Crippen LogP contribution < -0.4 is 5.32 Å². The van der Waals surface area contributed by atoms with E-state index in [1.807, 2.05) is 29.3 Å². The Balaban J connectivity index is 2.05. The smallest absolute Gasteiger partial charge is 0.0643 e. The van der Waals surface area contributed by atoms with Crippen LogP contribution in [0.1, 0.15) is 30.0 Å². The lowest BCUT2D eigenvalue weighted by Gasteiger charge is -2.15. The third kappa shape index (κ3) is 3.41. The number of aryl methyl sites for hydroxylation is 1. The molecule has 0 amide bonds. The van der Waals surface area contributed by atoms with Gasteiger partial charge in [0.05, 0.1) is 5.69 Å². The number of hydrogen-bond donors (Lipinski definition) is 1. The number of thiophene rings is 1. The van der Waals surface area contributed by atoms with Crippen LogP contribution in [0.4, 0.5) is 0 Å². The summed E-state index contributed by atoms with van der Waals surface area (Å²) in [7, 11) is 1.96. The van der Waals surface area contributed by atoms with Gasteiger partial charge in [0.1, 0.15) is 0 Å². The molecular formula is C13H19N3S. The largest absolute Gasteiger partial charge is 0.309 e. The van der Waals surface area contributed by atoms with Gasteiger partial charge in [-0.1, -0.05) is 13.0 Å². The first kappa shape index (κ1) is 12.3. The molecule has 0 saturated carbocycles. The van der Waals surface area contributed by atoms with E-state index >= 15 is 0 Å². The Bertz CT molecular complexity index is 433. The molecule has 0 fully saturated rings. The van der Waals surface area contributed by atoms with Gasteiger partial charge in [0, 0.05) is 30.6 Å². The van der Waals surface area contributed by atoms with E-state index in [2.05, 4.69) is 40.9 Å². The van der Waals surface area contributed by atoms with Gasteiger partial charge in [-0.25, -0.2) is 0 Å². The number of nitrogens with zero attached hydrogens (tertiary/aromatic N) is 2. The number of rotatable bonds is 6. The number of aromatic nitrogens is 2. The van der Waals surface area contributed by atoms with E-state index in [1.54, 1.807) is 0 Å². The van der Waals surface area contributed by atoms with E-state index in [1.165, 1.54) is 4.88 Å². The van der Waals surface area contributed by atoms with E-state index in [9.17, 15) is 0 Å². The molecule has 1 unspecified atom stereocenters. The number of nitrogens with one attached hydrogen (secondary N) is 1. The van der Waals surface area contributed by atoms with Crippen LogP contribution in [0.15, 0.2) is 29.8 Å². The molecule has 0 aromatic carbocycles. The average Bonchev–Trinajstić information content (AvgIpc) is 2.95. The molecule has 0 aliphatic rings. The van der Waals surface area contributed by atoms with Crippen molar-refractivity contribution in [1.82, 2.24) is 15.1 Å². The Morgan fingerprint density at radius 3 is 2.94 bits per heavy atom. The Kier molecular flexibility index (Phi) is 4.34. The SMILES string of the molecule is CCCNC(Cc1ccn(C)n1)c1cccs1. The average molecular weight is 249 g/mol. The molecule has 17 heavy (non-hydrogen) atoms. The van der Waals surface area contributed by atoms with Crippen LogP contribution in [-0.2, 0) is 13.5 Å². The Morgan fingerprint density at radius 2 is 2.35 bits per heavy atom. The molecule has 2 heterocycles. The second-order valence-electron chi connectivity index (χ2n) is 4.21. The fourth-order valence-electron chi connectivity index (χ4n) is 1.86. The van der Waals surface area contributed by atoms with Gasteiger partial charge >= 0.3 is 0 Å². The highest BCUT2D eigenvalue weighted by molar-refractivity contribution is 7.10. The standard InChI is InChI=1S/C13H19N3S/c1-3-7-14-12(13-5-4-9-17-13)10-11-6-8-16(2)15-11/h4-6,8-9,12,14H,3,7,10H2,1-2H3. The first-order valence-electron chi connectivity index (χ1n) is 6.05. The predicted molar refractivity (Wildman–Crippen MR) is 72.3 cm³/mol. The molecule has 1 atom stereocenters. The molecule has 0 spiro atoms. The summed E-state index contributed by atoms with van der Waals surface area (Å²) in [5.74, 6) is 0. The van der Waals surface area contributed by atoms with Gasteiger partial charge in [-0.05, 0) is 30.5 Å². The quantitative estimate of drug-likeness (QED) is 0.853. The van der Waals surface area contributed by atoms with Crippen LogP contribution in [0.3, 0.4) is 0 Å². The van der Waals surface area contributed by atoms with E-state index in [-0.39, 0.29) is 0 Å². The van der Waals surface area contributed by atoms with Gasteiger partial charge in [0.2, 0.25) is 0 Å². The van der Waals surface area contributed by atoms with Gasteiger partial charge in [-0.2, -0.15) is 5.10 Å². The fraction of sp³-hybridized carbons (Fsp3) is 0.462. The van der Waals surface area contributed by atoms with Crippen molar-refractivity contribution in [1.29, 1.82) is 0 Å². The summed E-state index contributed by atoms with van der Waals surface area (Å²) in [6.45, 7) is 3.24. The second-order valence-corrected chi connectivity index (χ2v) is 5.19. The van der Waals surface area contributed by atoms with Crippen molar-refractivity contribution >= 4 is 11.3 Å². The minimum atomic E-state index is 0.393. The minimum Gasteiger partial charge on any atom is -0.309 e. The molecule has 2 rings (SSSR count). The molecule has 2 aromatic rings. The molecule has 92 valence electrons. The van der Waals surface area contributed by atoms with Gasteiger partial charge in [0.15, 0.2) is 0 Å². The van der Waals surface area contributed by atoms with E-state index in [0.717, 1.165) is 25.1 Å². The van der Waals surface area contributed by atoms with Crippen molar-refractivity contribution in [3.05, 3.63) is 40.3 Å². The summed E-state index contributed by atoms with van der Waals surface area (Å²) in [5, 5.41) is 10.2.